The molecule has 0 saturated heterocycles. The van der Waals surface area contributed by atoms with E-state index in [1.165, 1.54) is 24.8 Å². The standard InChI is InChI=1S/C12H18N2/c1-9-4-2-6-11(9)12(13)10-5-3-7-14-8-10/h3,5,7-9,11-12H,2,4,6,13H2,1H3. The van der Waals surface area contributed by atoms with Crippen molar-refractivity contribution in [3.05, 3.63) is 30.1 Å². The molecular formula is C12H18N2. The molecule has 1 aliphatic rings. The molecule has 0 aromatic carbocycles. The fourth-order valence-corrected chi connectivity index (χ4v) is 2.53. The monoisotopic (exact) mass is 190 g/mol. The molecule has 2 heteroatoms. The highest BCUT2D eigenvalue weighted by atomic mass is 14.7. The minimum absolute atomic E-state index is 0.182. The van der Waals surface area contributed by atoms with E-state index in [0.717, 1.165) is 5.92 Å². The molecule has 2 nitrogen and oxygen atoms in total. The van der Waals surface area contributed by atoms with Crippen molar-refractivity contribution >= 4 is 0 Å². The van der Waals surface area contributed by atoms with Crippen LogP contribution in [0.25, 0.3) is 0 Å². The number of hydrogen-bond donors (Lipinski definition) is 1. The summed E-state index contributed by atoms with van der Waals surface area (Å²) in [5, 5.41) is 0. The lowest BCUT2D eigenvalue weighted by atomic mass is 9.87. The molecular weight excluding hydrogens is 172 g/mol. The van der Waals surface area contributed by atoms with Crippen LogP contribution in [0.1, 0.15) is 37.8 Å². The van der Waals surface area contributed by atoms with Crippen LogP contribution in [0.2, 0.25) is 0 Å². The minimum Gasteiger partial charge on any atom is -0.324 e. The molecule has 1 aliphatic carbocycles. The van der Waals surface area contributed by atoms with Crippen molar-refractivity contribution in [2.24, 2.45) is 17.6 Å². The second kappa shape index (κ2) is 4.09. The molecule has 3 unspecified atom stereocenters. The molecule has 0 radical (unpaired) electrons. The first kappa shape index (κ1) is 9.66. The molecule has 14 heavy (non-hydrogen) atoms. The Hall–Kier alpha value is -0.890. The molecule has 0 aliphatic heterocycles. The smallest absolute Gasteiger partial charge is 0.0341 e. The number of pyridine rings is 1. The van der Waals surface area contributed by atoms with Crippen LogP contribution < -0.4 is 5.73 Å². The Kier molecular flexibility index (Phi) is 2.82. The molecule has 1 heterocycles. The molecule has 0 amide bonds. The maximum absolute atomic E-state index is 6.25. The molecule has 1 saturated carbocycles. The van der Waals surface area contributed by atoms with Crippen LogP contribution in [0.4, 0.5) is 0 Å². The van der Waals surface area contributed by atoms with E-state index in [1.807, 2.05) is 12.3 Å². The largest absolute Gasteiger partial charge is 0.324 e. The van der Waals surface area contributed by atoms with Crippen molar-refractivity contribution in [3.8, 4) is 0 Å². The quantitative estimate of drug-likeness (QED) is 0.778. The number of rotatable bonds is 2. The highest BCUT2D eigenvalue weighted by molar-refractivity contribution is 5.15. The first-order valence-electron chi connectivity index (χ1n) is 5.44. The summed E-state index contributed by atoms with van der Waals surface area (Å²) in [7, 11) is 0. The SMILES string of the molecule is CC1CCCC1C(N)c1cccnc1. The average molecular weight is 190 g/mol. The fourth-order valence-electron chi connectivity index (χ4n) is 2.53. The Balaban J connectivity index is 2.12. The summed E-state index contributed by atoms with van der Waals surface area (Å²) >= 11 is 0. The highest BCUT2D eigenvalue weighted by Crippen LogP contribution is 2.38. The lowest BCUT2D eigenvalue weighted by Gasteiger charge is -2.23. The number of hydrogen-bond acceptors (Lipinski definition) is 2. The number of nitrogens with two attached hydrogens (primary N) is 1. The Morgan fingerprint density at radius 3 is 2.93 bits per heavy atom. The van der Waals surface area contributed by atoms with Crippen LogP contribution in [0.5, 0.6) is 0 Å². The second-order valence-corrected chi connectivity index (χ2v) is 4.38. The maximum Gasteiger partial charge on any atom is 0.0341 e. The van der Waals surface area contributed by atoms with Crippen LogP contribution in [0, 0.1) is 11.8 Å². The van der Waals surface area contributed by atoms with Gasteiger partial charge in [0.2, 0.25) is 0 Å². The summed E-state index contributed by atoms with van der Waals surface area (Å²) < 4.78 is 0. The molecule has 76 valence electrons. The molecule has 2 N–H and O–H groups in total. The van der Waals surface area contributed by atoms with Gasteiger partial charge in [-0.25, -0.2) is 0 Å². The van der Waals surface area contributed by atoms with Gasteiger partial charge < -0.3 is 5.73 Å². The van der Waals surface area contributed by atoms with Gasteiger partial charge in [-0.1, -0.05) is 25.8 Å². The zero-order chi connectivity index (χ0) is 9.97. The zero-order valence-corrected chi connectivity index (χ0v) is 8.69. The van der Waals surface area contributed by atoms with Crippen LogP contribution >= 0.6 is 0 Å². The molecule has 1 fully saturated rings. The van der Waals surface area contributed by atoms with Gasteiger partial charge in [0, 0.05) is 18.4 Å². The van der Waals surface area contributed by atoms with E-state index < -0.39 is 0 Å². The van der Waals surface area contributed by atoms with E-state index in [4.69, 9.17) is 5.73 Å². The molecule has 3 atom stereocenters. The molecule has 0 bridgehead atoms. The van der Waals surface area contributed by atoms with Gasteiger partial charge >= 0.3 is 0 Å². The van der Waals surface area contributed by atoms with Crippen molar-refractivity contribution in [1.29, 1.82) is 0 Å². The van der Waals surface area contributed by atoms with Crippen LogP contribution in [0.3, 0.4) is 0 Å². The van der Waals surface area contributed by atoms with E-state index >= 15 is 0 Å². The van der Waals surface area contributed by atoms with Crippen LogP contribution in [-0.4, -0.2) is 4.98 Å². The summed E-state index contributed by atoms with van der Waals surface area (Å²) in [5.41, 5.74) is 7.44. The second-order valence-electron chi connectivity index (χ2n) is 4.38. The van der Waals surface area contributed by atoms with E-state index in [-0.39, 0.29) is 6.04 Å². The third kappa shape index (κ3) is 1.80. The molecule has 1 aromatic heterocycles. The van der Waals surface area contributed by atoms with Crippen molar-refractivity contribution < 1.29 is 0 Å². The fraction of sp³-hybridized carbons (Fsp3) is 0.583. The minimum atomic E-state index is 0.182. The van der Waals surface area contributed by atoms with Crippen LogP contribution in [-0.2, 0) is 0 Å². The predicted molar refractivity (Wildman–Crippen MR) is 57.7 cm³/mol. The summed E-state index contributed by atoms with van der Waals surface area (Å²) in [6.07, 6.45) is 7.64. The van der Waals surface area contributed by atoms with Gasteiger partial charge in [0.1, 0.15) is 0 Å². The van der Waals surface area contributed by atoms with Crippen molar-refractivity contribution in [3.63, 3.8) is 0 Å². The molecule has 0 spiro atoms. The first-order chi connectivity index (χ1) is 6.79. The van der Waals surface area contributed by atoms with Gasteiger partial charge in [-0.15, -0.1) is 0 Å². The summed E-state index contributed by atoms with van der Waals surface area (Å²) in [5.74, 6) is 1.42. The Morgan fingerprint density at radius 2 is 2.36 bits per heavy atom. The van der Waals surface area contributed by atoms with Crippen molar-refractivity contribution in [2.75, 3.05) is 0 Å². The van der Waals surface area contributed by atoms with Gasteiger partial charge in [0.15, 0.2) is 0 Å². The van der Waals surface area contributed by atoms with Gasteiger partial charge in [0.25, 0.3) is 0 Å². The Bertz CT molecular complexity index is 284. The van der Waals surface area contributed by atoms with Crippen molar-refractivity contribution in [2.45, 2.75) is 32.2 Å². The zero-order valence-electron chi connectivity index (χ0n) is 8.69. The van der Waals surface area contributed by atoms with E-state index in [9.17, 15) is 0 Å². The summed E-state index contributed by atoms with van der Waals surface area (Å²) in [4.78, 5) is 4.12. The number of nitrogens with zero attached hydrogens (tertiary/aromatic N) is 1. The normalized spacial score (nSPS) is 29.0. The third-order valence-electron chi connectivity index (χ3n) is 3.46. The van der Waals surface area contributed by atoms with E-state index in [1.54, 1.807) is 6.20 Å². The highest BCUT2D eigenvalue weighted by Gasteiger charge is 2.29. The summed E-state index contributed by atoms with van der Waals surface area (Å²) in [6.45, 7) is 2.31. The average Bonchev–Trinajstić information content (AvgIpc) is 2.65. The third-order valence-corrected chi connectivity index (χ3v) is 3.46. The molecule has 1 aromatic rings. The Labute approximate surface area is 85.5 Å². The van der Waals surface area contributed by atoms with E-state index in [2.05, 4.69) is 18.0 Å². The van der Waals surface area contributed by atoms with Gasteiger partial charge in [-0.2, -0.15) is 0 Å². The van der Waals surface area contributed by atoms with Crippen LogP contribution in [0.15, 0.2) is 24.5 Å². The van der Waals surface area contributed by atoms with Gasteiger partial charge in [-0.3, -0.25) is 4.98 Å². The number of aromatic nitrogens is 1. The molecule has 2 rings (SSSR count). The van der Waals surface area contributed by atoms with Crippen molar-refractivity contribution in [1.82, 2.24) is 4.98 Å². The Morgan fingerprint density at radius 1 is 1.50 bits per heavy atom. The lowest BCUT2D eigenvalue weighted by Crippen LogP contribution is -2.23. The van der Waals surface area contributed by atoms with E-state index in [0.29, 0.717) is 5.92 Å². The summed E-state index contributed by atoms with van der Waals surface area (Å²) in [6, 6.07) is 4.23. The maximum atomic E-state index is 6.25. The first-order valence-corrected chi connectivity index (χ1v) is 5.44. The van der Waals surface area contributed by atoms with Gasteiger partial charge in [0.05, 0.1) is 0 Å². The topological polar surface area (TPSA) is 38.9 Å². The van der Waals surface area contributed by atoms with Gasteiger partial charge in [-0.05, 0) is 29.9 Å². The predicted octanol–water partition coefficient (Wildman–Crippen LogP) is 2.52. The lowest BCUT2D eigenvalue weighted by molar-refractivity contribution is 0.350.